The number of H-pyrrole nitrogens is 1. The van der Waals surface area contributed by atoms with E-state index in [1.807, 2.05) is 0 Å². The maximum absolute atomic E-state index is 12.4. The Bertz CT molecular complexity index is 934. The Labute approximate surface area is 179 Å². The molecule has 0 bridgehead atoms. The number of methoxy groups -OCH3 is 1. The molecule has 0 spiro atoms. The van der Waals surface area contributed by atoms with Crippen molar-refractivity contribution in [3.8, 4) is 0 Å². The van der Waals surface area contributed by atoms with E-state index in [1.54, 1.807) is 13.8 Å². The monoisotopic (exact) mass is 486 g/mol. The molecule has 1 fully saturated rings. The van der Waals surface area contributed by atoms with E-state index >= 15 is 0 Å². The normalized spacial score (nSPS) is 28.4. The smallest absolute Gasteiger partial charge is 0.328 e. The molecule has 1 aromatic heterocycles. The van der Waals surface area contributed by atoms with Crippen LogP contribution in [-0.4, -0.2) is 58.0 Å². The maximum atomic E-state index is 12.4. The maximum Gasteiger partial charge on any atom is 0.328 e. The van der Waals surface area contributed by atoms with Gasteiger partial charge in [0.2, 0.25) is 0 Å². The molecule has 6 atom stereocenters. The number of hydrogen-bond acceptors (Lipinski definition) is 8. The number of aromatic amines is 1. The molecule has 3 N–H and O–H groups in total. The third-order valence-corrected chi connectivity index (χ3v) is 7.97. The predicted molar refractivity (Wildman–Crippen MR) is 113 cm³/mol. The molecule has 1 saturated carbocycles. The van der Waals surface area contributed by atoms with Gasteiger partial charge in [-0.3, -0.25) is 18.9 Å². The zero-order valence-electron chi connectivity index (χ0n) is 17.2. The largest absolute Gasteiger partial charge is 0.378 e. The quantitative estimate of drug-likeness (QED) is 0.414. The minimum Gasteiger partial charge on any atom is -0.378 e. The highest BCUT2D eigenvalue weighted by Gasteiger charge is 2.48. The Kier molecular flexibility index (Phi) is 8.77. The zero-order valence-corrected chi connectivity index (χ0v) is 19.8. The van der Waals surface area contributed by atoms with Crippen molar-refractivity contribution in [2.24, 2.45) is 5.92 Å². The van der Waals surface area contributed by atoms with Gasteiger partial charge >= 0.3 is 20.0 Å². The van der Waals surface area contributed by atoms with Gasteiger partial charge < -0.3 is 28.1 Å². The highest BCUT2D eigenvalue weighted by atomic mass is 32.5. The molecule has 1 aliphatic rings. The molecule has 0 radical (unpaired) electrons. The minimum absolute atomic E-state index is 0.121. The van der Waals surface area contributed by atoms with Crippen molar-refractivity contribution in [3.05, 3.63) is 33.1 Å². The molecule has 30 heavy (non-hydrogen) atoms. The number of aromatic nitrogens is 2. The molecule has 1 heterocycles. The Hall–Kier alpha value is -0.680. The van der Waals surface area contributed by atoms with Crippen molar-refractivity contribution >= 4 is 26.1 Å². The summed E-state index contributed by atoms with van der Waals surface area (Å²) >= 11 is 5.11. The molecule has 1 aromatic rings. The Balaban J connectivity index is 2.39. The van der Waals surface area contributed by atoms with Crippen LogP contribution in [0.4, 0.5) is 0 Å². The van der Waals surface area contributed by atoms with Gasteiger partial charge in [-0.25, -0.2) is 4.79 Å². The van der Waals surface area contributed by atoms with Gasteiger partial charge in [0, 0.05) is 26.5 Å². The highest BCUT2D eigenvalue weighted by Crippen LogP contribution is 2.53. The fraction of sp³-hybridized carbons (Fsp3) is 0.750. The van der Waals surface area contributed by atoms with E-state index < -0.39 is 49.9 Å². The molecule has 1 aliphatic carbocycles. The van der Waals surface area contributed by atoms with Crippen molar-refractivity contribution in [3.63, 3.8) is 0 Å². The first-order valence-electron chi connectivity index (χ1n) is 9.30. The summed E-state index contributed by atoms with van der Waals surface area (Å²) in [4.78, 5) is 46.3. The summed E-state index contributed by atoms with van der Waals surface area (Å²) in [5.74, 6) is -0.312. The van der Waals surface area contributed by atoms with E-state index in [1.165, 1.54) is 23.9 Å². The second-order valence-electron chi connectivity index (χ2n) is 7.31. The summed E-state index contributed by atoms with van der Waals surface area (Å²) in [6, 6.07) is 0.537. The number of nitrogens with zero attached hydrogens (tertiary/aromatic N) is 1. The number of hydrogen-bond donors (Lipinski definition) is 3. The molecule has 14 heteroatoms. The Morgan fingerprint density at radius 3 is 2.50 bits per heavy atom. The molecule has 2 unspecified atom stereocenters. The molecule has 2 rings (SSSR count). The lowest BCUT2D eigenvalue weighted by Crippen LogP contribution is -2.39. The van der Waals surface area contributed by atoms with E-state index in [2.05, 4.69) is 9.51 Å². The lowest BCUT2D eigenvalue weighted by atomic mass is 10.0. The van der Waals surface area contributed by atoms with Crippen molar-refractivity contribution in [2.45, 2.75) is 51.0 Å². The number of ether oxygens (including phenoxy) is 1. The molecule has 172 valence electrons. The third kappa shape index (κ3) is 6.66. The molecular weight excluding hydrogens is 458 g/mol. The standard InChI is InChI=1S/C16H28N2O9P2S/c1-10(2)26-29(23,30)27-15-12(18-7-5-13(19)17-16(18)20)9-11(14(15)24-3)6-8-28(21,22)25-4/h5,7,10-12,14-15H,6,8-9H2,1-4H3,(H,21,22)(H,23,30)(H,17,19,20)/t11-,12-,14+,15-,29?/m0/s1. The molecule has 11 nitrogen and oxygen atoms in total. The highest BCUT2D eigenvalue weighted by molar-refractivity contribution is 8.07. The molecule has 0 aliphatic heterocycles. The van der Waals surface area contributed by atoms with Crippen LogP contribution in [0.25, 0.3) is 0 Å². The van der Waals surface area contributed by atoms with Gasteiger partial charge in [0.05, 0.1) is 24.4 Å². The first kappa shape index (κ1) is 25.6. The average molecular weight is 486 g/mol. The number of rotatable bonds is 10. The fourth-order valence-corrected chi connectivity index (χ4v) is 6.44. The van der Waals surface area contributed by atoms with Gasteiger partial charge in [0.1, 0.15) is 6.10 Å². The first-order valence-corrected chi connectivity index (χ1v) is 13.7. The van der Waals surface area contributed by atoms with Gasteiger partial charge in [-0.05, 0) is 44.4 Å². The summed E-state index contributed by atoms with van der Waals surface area (Å²) in [5.41, 5.74) is -1.21. The van der Waals surface area contributed by atoms with E-state index in [0.717, 1.165) is 7.11 Å². The van der Waals surface area contributed by atoms with Crippen molar-refractivity contribution in [2.75, 3.05) is 20.4 Å². The van der Waals surface area contributed by atoms with Crippen LogP contribution in [0.5, 0.6) is 0 Å². The van der Waals surface area contributed by atoms with E-state index in [-0.39, 0.29) is 18.5 Å². The van der Waals surface area contributed by atoms with Gasteiger partial charge in [-0.2, -0.15) is 0 Å². The van der Waals surface area contributed by atoms with Crippen LogP contribution in [0.3, 0.4) is 0 Å². The fourth-order valence-electron chi connectivity index (χ4n) is 3.63. The lowest BCUT2D eigenvalue weighted by molar-refractivity contribution is -0.0218. The minimum atomic E-state index is -3.75. The van der Waals surface area contributed by atoms with Crippen molar-refractivity contribution in [1.82, 2.24) is 9.55 Å². The lowest BCUT2D eigenvalue weighted by Gasteiger charge is -2.30. The second kappa shape index (κ2) is 10.3. The topological polar surface area (TPSA) is 149 Å². The Morgan fingerprint density at radius 1 is 1.30 bits per heavy atom. The van der Waals surface area contributed by atoms with Crippen LogP contribution >= 0.6 is 14.3 Å². The van der Waals surface area contributed by atoms with E-state index in [0.29, 0.717) is 6.42 Å². The first-order chi connectivity index (χ1) is 13.9. The SMILES string of the molecule is CO[C@@H]1[C@@H](CCP(=O)(O)OC)C[C@H](n2ccc(=O)[nH]c2=O)[C@@H]1OP(O)(=S)OC(C)C. The summed E-state index contributed by atoms with van der Waals surface area (Å²) in [6.07, 6.45) is -0.175. The van der Waals surface area contributed by atoms with E-state index in [4.69, 9.17) is 25.6 Å². The van der Waals surface area contributed by atoms with Gasteiger partial charge in [-0.15, -0.1) is 0 Å². The van der Waals surface area contributed by atoms with E-state index in [9.17, 15) is 23.9 Å². The number of nitrogens with one attached hydrogen (secondary N) is 1. The summed E-state index contributed by atoms with van der Waals surface area (Å²) < 4.78 is 34.5. The average Bonchev–Trinajstić information content (AvgIpc) is 2.95. The molecule has 0 aromatic carbocycles. The summed E-state index contributed by atoms with van der Waals surface area (Å²) in [5, 5.41) is 0. The van der Waals surface area contributed by atoms with Crippen molar-refractivity contribution < 1.29 is 32.7 Å². The van der Waals surface area contributed by atoms with Crippen LogP contribution < -0.4 is 11.2 Å². The van der Waals surface area contributed by atoms with Crippen LogP contribution in [0.1, 0.15) is 32.7 Å². The molecule has 0 saturated heterocycles. The predicted octanol–water partition coefficient (Wildman–Crippen LogP) is 1.36. The molecule has 0 amide bonds. The zero-order chi connectivity index (χ0) is 22.7. The van der Waals surface area contributed by atoms with Crippen LogP contribution in [-0.2, 0) is 34.7 Å². The van der Waals surface area contributed by atoms with Crippen LogP contribution in [0, 0.1) is 5.92 Å². The van der Waals surface area contributed by atoms with Gasteiger partial charge in [0.15, 0.2) is 0 Å². The summed E-state index contributed by atoms with van der Waals surface area (Å²) in [7, 11) is -1.16. The summed E-state index contributed by atoms with van der Waals surface area (Å²) in [6.45, 7) is -0.290. The van der Waals surface area contributed by atoms with Crippen LogP contribution in [0.15, 0.2) is 21.9 Å². The Morgan fingerprint density at radius 2 is 1.97 bits per heavy atom. The molecular formula is C16H28N2O9P2S. The third-order valence-electron chi connectivity index (χ3n) is 4.86. The second-order valence-corrected chi connectivity index (χ2v) is 12.1. The van der Waals surface area contributed by atoms with Gasteiger partial charge in [0.25, 0.3) is 5.56 Å². The van der Waals surface area contributed by atoms with Gasteiger partial charge in [-0.1, -0.05) is 0 Å². The van der Waals surface area contributed by atoms with Crippen LogP contribution in [0.2, 0.25) is 0 Å². The van der Waals surface area contributed by atoms with Crippen molar-refractivity contribution in [1.29, 1.82) is 0 Å².